The number of aliphatic hydroxyl groups is 1. The zero-order valence-corrected chi connectivity index (χ0v) is 9.71. The second-order valence-corrected chi connectivity index (χ2v) is 3.88. The van der Waals surface area contributed by atoms with Gasteiger partial charge in [-0.15, -0.1) is 0 Å². The van der Waals surface area contributed by atoms with Gasteiger partial charge in [0.15, 0.2) is 0 Å². The summed E-state index contributed by atoms with van der Waals surface area (Å²) in [6, 6.07) is 10.4. The van der Waals surface area contributed by atoms with Gasteiger partial charge in [-0.25, -0.2) is 0 Å². The Morgan fingerprint density at radius 2 is 2.06 bits per heavy atom. The first-order valence-electron chi connectivity index (χ1n) is 5.79. The number of benzene rings is 1. The van der Waals surface area contributed by atoms with Gasteiger partial charge in [0.05, 0.1) is 25.0 Å². The molecule has 17 heavy (non-hydrogen) atoms. The molecule has 0 saturated carbocycles. The van der Waals surface area contributed by atoms with E-state index >= 15 is 0 Å². The minimum atomic E-state index is 0.116. The summed E-state index contributed by atoms with van der Waals surface area (Å²) in [6.07, 6.45) is 4.67. The van der Waals surface area contributed by atoms with Crippen LogP contribution in [-0.2, 0) is 13.0 Å². The van der Waals surface area contributed by atoms with E-state index in [4.69, 9.17) is 5.11 Å². The summed E-state index contributed by atoms with van der Waals surface area (Å²) in [6.45, 7) is 1.54. The highest BCUT2D eigenvalue weighted by Crippen LogP contribution is 2.05. The van der Waals surface area contributed by atoms with Crippen LogP contribution in [0.1, 0.15) is 5.56 Å². The number of nitrogens with zero attached hydrogens (tertiary/aromatic N) is 2. The zero-order chi connectivity index (χ0) is 11.9. The average Bonchev–Trinajstić information content (AvgIpc) is 2.79. The molecule has 0 amide bonds. The largest absolute Gasteiger partial charge is 0.394 e. The molecule has 0 aliphatic carbocycles. The van der Waals surface area contributed by atoms with Crippen LogP contribution in [-0.4, -0.2) is 28.0 Å². The lowest BCUT2D eigenvalue weighted by Crippen LogP contribution is -2.04. The quantitative estimate of drug-likeness (QED) is 0.792. The molecular formula is C13H17N3O. The van der Waals surface area contributed by atoms with Crippen molar-refractivity contribution in [2.75, 3.05) is 18.5 Å². The summed E-state index contributed by atoms with van der Waals surface area (Å²) < 4.78 is 1.73. The van der Waals surface area contributed by atoms with Gasteiger partial charge in [0.1, 0.15) is 0 Å². The van der Waals surface area contributed by atoms with E-state index < -0.39 is 0 Å². The molecule has 0 unspecified atom stereocenters. The highest BCUT2D eigenvalue weighted by Gasteiger charge is 1.97. The number of hydrogen-bond acceptors (Lipinski definition) is 3. The number of aromatic nitrogens is 2. The molecular weight excluding hydrogens is 214 g/mol. The second-order valence-electron chi connectivity index (χ2n) is 3.88. The van der Waals surface area contributed by atoms with Gasteiger partial charge >= 0.3 is 0 Å². The van der Waals surface area contributed by atoms with E-state index in [9.17, 15) is 0 Å². The zero-order valence-electron chi connectivity index (χ0n) is 9.71. The van der Waals surface area contributed by atoms with Gasteiger partial charge in [0.25, 0.3) is 0 Å². The Morgan fingerprint density at radius 3 is 2.82 bits per heavy atom. The van der Waals surface area contributed by atoms with Crippen molar-refractivity contribution in [1.82, 2.24) is 9.78 Å². The third-order valence-corrected chi connectivity index (χ3v) is 2.55. The summed E-state index contributed by atoms with van der Waals surface area (Å²) in [4.78, 5) is 0. The summed E-state index contributed by atoms with van der Waals surface area (Å²) >= 11 is 0. The van der Waals surface area contributed by atoms with Crippen molar-refractivity contribution in [2.24, 2.45) is 0 Å². The van der Waals surface area contributed by atoms with E-state index in [-0.39, 0.29) is 6.61 Å². The molecule has 4 nitrogen and oxygen atoms in total. The van der Waals surface area contributed by atoms with Crippen molar-refractivity contribution in [1.29, 1.82) is 0 Å². The fourth-order valence-corrected chi connectivity index (χ4v) is 1.68. The van der Waals surface area contributed by atoms with Crippen LogP contribution >= 0.6 is 0 Å². The first kappa shape index (κ1) is 11.7. The van der Waals surface area contributed by atoms with Crippen LogP contribution < -0.4 is 5.32 Å². The van der Waals surface area contributed by atoms with E-state index in [0.29, 0.717) is 6.54 Å². The van der Waals surface area contributed by atoms with Gasteiger partial charge in [-0.1, -0.05) is 30.3 Å². The second kappa shape index (κ2) is 6.06. The maximum Gasteiger partial charge on any atom is 0.0726 e. The molecule has 0 aliphatic heterocycles. The molecule has 2 N–H and O–H groups in total. The molecule has 4 heteroatoms. The van der Waals surface area contributed by atoms with Crippen molar-refractivity contribution >= 4 is 5.69 Å². The van der Waals surface area contributed by atoms with Crippen molar-refractivity contribution < 1.29 is 5.11 Å². The molecule has 0 saturated heterocycles. The summed E-state index contributed by atoms with van der Waals surface area (Å²) in [5.74, 6) is 0. The van der Waals surface area contributed by atoms with Crippen LogP contribution in [0.5, 0.6) is 0 Å². The molecule has 0 bridgehead atoms. The van der Waals surface area contributed by atoms with Gasteiger partial charge in [0, 0.05) is 12.7 Å². The summed E-state index contributed by atoms with van der Waals surface area (Å²) in [5.41, 5.74) is 2.32. The molecule has 0 aliphatic rings. The molecule has 1 heterocycles. The van der Waals surface area contributed by atoms with Gasteiger partial charge in [0.2, 0.25) is 0 Å². The van der Waals surface area contributed by atoms with Crippen LogP contribution in [0, 0.1) is 0 Å². The van der Waals surface area contributed by atoms with Crippen LogP contribution in [0.25, 0.3) is 0 Å². The Bertz CT molecular complexity index is 439. The molecule has 1 aromatic carbocycles. The van der Waals surface area contributed by atoms with Crippen LogP contribution in [0.4, 0.5) is 5.69 Å². The van der Waals surface area contributed by atoms with E-state index in [0.717, 1.165) is 18.7 Å². The van der Waals surface area contributed by atoms with Gasteiger partial charge in [-0.2, -0.15) is 5.10 Å². The first-order chi connectivity index (χ1) is 8.38. The predicted molar refractivity (Wildman–Crippen MR) is 67.9 cm³/mol. The smallest absolute Gasteiger partial charge is 0.0726 e. The Labute approximate surface area is 101 Å². The third kappa shape index (κ3) is 3.60. The standard InChI is InChI=1S/C13H17N3O/c17-9-8-16-11-13(10-15-16)14-7-6-12-4-2-1-3-5-12/h1-5,10-11,14,17H,6-9H2. The number of aliphatic hydroxyl groups excluding tert-OH is 1. The SMILES string of the molecule is OCCn1cc(NCCc2ccccc2)cn1. The van der Waals surface area contributed by atoms with E-state index in [1.54, 1.807) is 10.9 Å². The van der Waals surface area contributed by atoms with E-state index in [1.807, 2.05) is 12.3 Å². The Kier molecular flexibility index (Phi) is 4.16. The number of rotatable bonds is 6. The molecule has 1 aromatic heterocycles. The number of nitrogens with one attached hydrogen (secondary N) is 1. The van der Waals surface area contributed by atoms with Crippen molar-refractivity contribution in [2.45, 2.75) is 13.0 Å². The first-order valence-corrected chi connectivity index (χ1v) is 5.79. The molecule has 0 radical (unpaired) electrons. The molecule has 0 spiro atoms. The van der Waals surface area contributed by atoms with E-state index in [1.165, 1.54) is 5.56 Å². The molecule has 0 atom stereocenters. The fraction of sp³-hybridized carbons (Fsp3) is 0.308. The molecule has 2 aromatic rings. The normalized spacial score (nSPS) is 10.4. The number of hydrogen-bond donors (Lipinski definition) is 2. The maximum absolute atomic E-state index is 8.77. The minimum absolute atomic E-state index is 0.116. The Balaban J connectivity index is 1.78. The van der Waals surface area contributed by atoms with Crippen molar-refractivity contribution in [3.63, 3.8) is 0 Å². The van der Waals surface area contributed by atoms with Crippen molar-refractivity contribution in [3.8, 4) is 0 Å². The molecule has 2 rings (SSSR count). The third-order valence-electron chi connectivity index (χ3n) is 2.55. The van der Waals surface area contributed by atoms with Gasteiger partial charge in [-0.05, 0) is 12.0 Å². The van der Waals surface area contributed by atoms with Crippen LogP contribution in [0.3, 0.4) is 0 Å². The van der Waals surface area contributed by atoms with Gasteiger partial charge < -0.3 is 10.4 Å². The van der Waals surface area contributed by atoms with Crippen molar-refractivity contribution in [3.05, 3.63) is 48.3 Å². The average molecular weight is 231 g/mol. The van der Waals surface area contributed by atoms with E-state index in [2.05, 4.69) is 34.7 Å². The predicted octanol–water partition coefficient (Wildman–Crippen LogP) is 1.53. The fourth-order valence-electron chi connectivity index (χ4n) is 1.68. The van der Waals surface area contributed by atoms with Crippen LogP contribution in [0.2, 0.25) is 0 Å². The molecule has 0 fully saturated rings. The topological polar surface area (TPSA) is 50.1 Å². The highest BCUT2D eigenvalue weighted by atomic mass is 16.3. The van der Waals surface area contributed by atoms with Gasteiger partial charge in [-0.3, -0.25) is 4.68 Å². The molecule has 90 valence electrons. The summed E-state index contributed by atoms with van der Waals surface area (Å²) in [7, 11) is 0. The Hall–Kier alpha value is -1.81. The Morgan fingerprint density at radius 1 is 1.24 bits per heavy atom. The lowest BCUT2D eigenvalue weighted by molar-refractivity contribution is 0.269. The monoisotopic (exact) mass is 231 g/mol. The lowest BCUT2D eigenvalue weighted by atomic mass is 10.1. The maximum atomic E-state index is 8.77. The lowest BCUT2D eigenvalue weighted by Gasteiger charge is -2.03. The van der Waals surface area contributed by atoms with Crippen LogP contribution in [0.15, 0.2) is 42.7 Å². The number of anilines is 1. The minimum Gasteiger partial charge on any atom is -0.394 e. The highest BCUT2D eigenvalue weighted by molar-refractivity contribution is 5.38. The summed E-state index contributed by atoms with van der Waals surface area (Å²) in [5, 5.41) is 16.2.